The zero-order valence-electron chi connectivity index (χ0n) is 46.0. The molecule has 0 saturated carbocycles. The van der Waals surface area contributed by atoms with Gasteiger partial charge in [0.2, 0.25) is 0 Å². The van der Waals surface area contributed by atoms with Crippen molar-refractivity contribution in [3.8, 4) is 0 Å². The molecule has 2 aliphatic heterocycles. The molecule has 11 atom stereocenters. The number of allylic oxidation sites excluding steroid dienone is 16. The van der Waals surface area contributed by atoms with Gasteiger partial charge < -0.3 is 64.2 Å². The predicted molar refractivity (Wildman–Crippen MR) is 298 cm³/mol. The van der Waals surface area contributed by atoms with Crippen molar-refractivity contribution in [2.45, 2.75) is 248 Å². The Morgan fingerprint density at radius 1 is 0.453 bits per heavy atom. The summed E-state index contributed by atoms with van der Waals surface area (Å²) in [6, 6.07) is 0. The van der Waals surface area contributed by atoms with Crippen molar-refractivity contribution in [2.75, 3.05) is 33.0 Å². The van der Waals surface area contributed by atoms with Crippen LogP contribution in [0.5, 0.6) is 0 Å². The number of carbonyl (C=O) groups is 1. The highest BCUT2D eigenvalue weighted by atomic mass is 16.7. The van der Waals surface area contributed by atoms with Crippen molar-refractivity contribution in [2.24, 2.45) is 0 Å². The number of carbonyl (C=O) groups excluding carboxylic acids is 1. The maximum atomic E-state index is 13.1. The fourth-order valence-electron chi connectivity index (χ4n) is 8.44. The average molecular weight is 1060 g/mol. The molecule has 0 aromatic rings. The van der Waals surface area contributed by atoms with Crippen LogP contribution in [0.25, 0.3) is 0 Å². The molecule has 7 N–H and O–H groups in total. The second-order valence-electron chi connectivity index (χ2n) is 19.7. The summed E-state index contributed by atoms with van der Waals surface area (Å²) in [5, 5.41) is 72.3. The minimum atomic E-state index is -1.72. The first-order valence-corrected chi connectivity index (χ1v) is 28.8. The SMILES string of the molecule is CC/C=C\C/C=C\C/C=C\C/C=C\C/C=C\C/C=C\C/C=C\CCCCOCC(COC1OC(COC2OC(CO)C(O)C(O)C2O)C(O)C(O)C1O)OC(=O)CCCCCCCCC/C=C\CCCCCCCC. The van der Waals surface area contributed by atoms with Crippen LogP contribution in [0.1, 0.15) is 181 Å². The Hall–Kier alpha value is -3.09. The highest BCUT2D eigenvalue weighted by Crippen LogP contribution is 2.26. The number of esters is 1. The first-order valence-electron chi connectivity index (χ1n) is 28.8. The molecular formula is C61H102O14. The lowest BCUT2D eigenvalue weighted by Crippen LogP contribution is -2.61. The second kappa shape index (κ2) is 47.0. The van der Waals surface area contributed by atoms with Gasteiger partial charge in [0.15, 0.2) is 12.6 Å². The Morgan fingerprint density at radius 2 is 0.867 bits per heavy atom. The molecule has 14 nitrogen and oxygen atoms in total. The monoisotopic (exact) mass is 1060 g/mol. The fraction of sp³-hybridized carbons (Fsp3) is 0.721. The number of hydrogen-bond donors (Lipinski definition) is 7. The lowest BCUT2D eigenvalue weighted by molar-refractivity contribution is -0.332. The molecule has 0 aromatic carbocycles. The molecule has 0 aliphatic carbocycles. The zero-order valence-corrected chi connectivity index (χ0v) is 46.0. The van der Waals surface area contributed by atoms with Gasteiger partial charge in [0, 0.05) is 13.0 Å². The highest BCUT2D eigenvalue weighted by Gasteiger charge is 2.47. The average Bonchev–Trinajstić information content (AvgIpc) is 3.41. The Labute approximate surface area is 452 Å². The Bertz CT molecular complexity index is 1610. The molecule has 0 spiro atoms. The van der Waals surface area contributed by atoms with Crippen LogP contribution in [0, 0.1) is 0 Å². The third-order valence-corrected chi connectivity index (χ3v) is 13.1. The highest BCUT2D eigenvalue weighted by molar-refractivity contribution is 5.69. The number of aliphatic hydroxyl groups excluding tert-OH is 7. The van der Waals surface area contributed by atoms with Gasteiger partial charge in [0.1, 0.15) is 54.9 Å². The smallest absolute Gasteiger partial charge is 0.306 e. The summed E-state index contributed by atoms with van der Waals surface area (Å²) >= 11 is 0. The summed E-state index contributed by atoms with van der Waals surface area (Å²) in [5.41, 5.74) is 0. The van der Waals surface area contributed by atoms with Gasteiger partial charge in [-0.3, -0.25) is 4.79 Å². The van der Waals surface area contributed by atoms with E-state index in [1.165, 1.54) is 64.2 Å². The van der Waals surface area contributed by atoms with E-state index in [0.29, 0.717) is 13.0 Å². The molecule has 2 aliphatic rings. The van der Waals surface area contributed by atoms with E-state index in [1.54, 1.807) is 0 Å². The van der Waals surface area contributed by atoms with Gasteiger partial charge in [-0.15, -0.1) is 0 Å². The molecule has 0 bridgehead atoms. The largest absolute Gasteiger partial charge is 0.457 e. The van der Waals surface area contributed by atoms with Gasteiger partial charge in [0.05, 0.1) is 26.4 Å². The minimum Gasteiger partial charge on any atom is -0.457 e. The Kier molecular flexibility index (Phi) is 42.6. The molecule has 2 heterocycles. The van der Waals surface area contributed by atoms with E-state index in [2.05, 4.69) is 111 Å². The van der Waals surface area contributed by atoms with Gasteiger partial charge in [0.25, 0.3) is 0 Å². The summed E-state index contributed by atoms with van der Waals surface area (Å²) in [6.07, 6.45) is 46.1. The normalized spacial score (nSPS) is 25.3. The molecule has 14 heteroatoms. The maximum Gasteiger partial charge on any atom is 0.306 e. The van der Waals surface area contributed by atoms with Crippen LogP contribution in [0.4, 0.5) is 0 Å². The Balaban J connectivity index is 1.75. The van der Waals surface area contributed by atoms with Crippen LogP contribution in [-0.2, 0) is 33.2 Å². The van der Waals surface area contributed by atoms with Crippen molar-refractivity contribution < 1.29 is 69.0 Å². The first kappa shape index (κ1) is 68.0. The van der Waals surface area contributed by atoms with Crippen LogP contribution < -0.4 is 0 Å². The van der Waals surface area contributed by atoms with Crippen molar-refractivity contribution in [3.05, 3.63) is 97.2 Å². The Morgan fingerprint density at radius 3 is 1.37 bits per heavy atom. The standard InChI is InChI=1S/C61H102O14/c1-3-5-7-9-11-13-15-17-19-21-22-23-24-25-26-27-29-31-33-35-37-39-41-43-45-70-47-50(73-53(63)44-42-40-38-36-34-32-30-28-20-18-16-14-12-10-8-6-4-2)48-71-60-59(69)57(67)55(65)52(75-60)49-72-61-58(68)56(66)54(64)51(46-62)74-61/h5,7,11,13,17-20,22-23,25-26,29,31,35,37,50-52,54-62,64-69H,3-4,6,8-10,12,14-16,21,24,27-28,30,32-34,36,38-49H2,1-2H3/b7-5-,13-11-,19-17-,20-18-,23-22-,26-25-,31-29-,37-35-. The number of rotatable bonds is 45. The predicted octanol–water partition coefficient (Wildman–Crippen LogP) is 10.2. The molecule has 2 fully saturated rings. The van der Waals surface area contributed by atoms with Gasteiger partial charge in [-0.25, -0.2) is 0 Å². The lowest BCUT2D eigenvalue weighted by Gasteiger charge is -2.42. The molecule has 11 unspecified atom stereocenters. The van der Waals surface area contributed by atoms with Crippen LogP contribution in [0.3, 0.4) is 0 Å². The number of ether oxygens (including phenoxy) is 6. The second-order valence-corrected chi connectivity index (χ2v) is 19.7. The van der Waals surface area contributed by atoms with E-state index in [0.717, 1.165) is 89.9 Å². The van der Waals surface area contributed by atoms with E-state index in [1.807, 2.05) is 0 Å². The molecule has 0 aromatic heterocycles. The number of aliphatic hydroxyl groups is 7. The summed E-state index contributed by atoms with van der Waals surface area (Å²) < 4.78 is 34.3. The van der Waals surface area contributed by atoms with E-state index >= 15 is 0 Å². The fourth-order valence-corrected chi connectivity index (χ4v) is 8.44. The summed E-state index contributed by atoms with van der Waals surface area (Å²) in [4.78, 5) is 13.1. The van der Waals surface area contributed by atoms with Crippen molar-refractivity contribution in [1.29, 1.82) is 0 Å². The molecule has 2 saturated heterocycles. The van der Waals surface area contributed by atoms with E-state index in [9.17, 15) is 40.5 Å². The van der Waals surface area contributed by atoms with Gasteiger partial charge in [-0.05, 0) is 96.3 Å². The van der Waals surface area contributed by atoms with E-state index in [4.69, 9.17) is 28.4 Å². The zero-order chi connectivity index (χ0) is 54.4. The molecule has 430 valence electrons. The molecule has 2 rings (SSSR count). The van der Waals surface area contributed by atoms with E-state index in [-0.39, 0.29) is 19.6 Å². The summed E-state index contributed by atoms with van der Waals surface area (Å²) in [5.74, 6) is -0.400. The first-order chi connectivity index (χ1) is 36.6. The van der Waals surface area contributed by atoms with Crippen molar-refractivity contribution >= 4 is 5.97 Å². The van der Waals surface area contributed by atoms with Crippen molar-refractivity contribution in [1.82, 2.24) is 0 Å². The van der Waals surface area contributed by atoms with Crippen LogP contribution in [0.15, 0.2) is 97.2 Å². The molecule has 0 amide bonds. The third kappa shape index (κ3) is 33.7. The number of unbranched alkanes of at least 4 members (excludes halogenated alkanes) is 15. The number of hydrogen-bond acceptors (Lipinski definition) is 14. The quantitative estimate of drug-likeness (QED) is 0.0172. The summed E-state index contributed by atoms with van der Waals surface area (Å²) in [7, 11) is 0. The van der Waals surface area contributed by atoms with Crippen LogP contribution in [-0.4, -0.2) is 142 Å². The van der Waals surface area contributed by atoms with Crippen LogP contribution in [0.2, 0.25) is 0 Å². The van der Waals surface area contributed by atoms with Gasteiger partial charge >= 0.3 is 5.97 Å². The third-order valence-electron chi connectivity index (χ3n) is 13.1. The topological polar surface area (TPSA) is 214 Å². The van der Waals surface area contributed by atoms with E-state index < -0.39 is 86.7 Å². The maximum absolute atomic E-state index is 13.1. The molecule has 75 heavy (non-hydrogen) atoms. The van der Waals surface area contributed by atoms with Gasteiger partial charge in [-0.2, -0.15) is 0 Å². The lowest BCUT2D eigenvalue weighted by atomic mass is 9.98. The van der Waals surface area contributed by atoms with Gasteiger partial charge in [-0.1, -0.05) is 175 Å². The van der Waals surface area contributed by atoms with Crippen molar-refractivity contribution in [3.63, 3.8) is 0 Å². The minimum absolute atomic E-state index is 0.0239. The molecular weight excluding hydrogens is 957 g/mol. The summed E-state index contributed by atoms with van der Waals surface area (Å²) in [6.45, 7) is 3.44. The van der Waals surface area contributed by atoms with Crippen LogP contribution >= 0.6 is 0 Å². The molecule has 0 radical (unpaired) electrons.